The van der Waals surface area contributed by atoms with E-state index in [0.29, 0.717) is 12.3 Å². The summed E-state index contributed by atoms with van der Waals surface area (Å²) in [6.45, 7) is 0.577. The summed E-state index contributed by atoms with van der Waals surface area (Å²) in [5.74, 6) is -0.695. The maximum Gasteiger partial charge on any atom is 0.373 e. The molecular weight excluding hydrogens is 348 g/mol. The molecule has 0 fully saturated rings. The van der Waals surface area contributed by atoms with E-state index in [0.717, 1.165) is 11.1 Å². The minimum Gasteiger partial charge on any atom is -0.463 e. The fraction of sp³-hybridized carbons (Fsp3) is 0.150. The molecule has 0 unspecified atom stereocenters. The van der Waals surface area contributed by atoms with Crippen molar-refractivity contribution in [1.29, 1.82) is 0 Å². The highest BCUT2D eigenvalue weighted by atomic mass is 16.5. The minimum atomic E-state index is -0.583. The standard InChI is InChI=1S/C20H18N2O5/c1-25-20(24)18-9-8-17(27-18)14-26-19(23)10-7-16-11-21-22(13-16)12-15-5-3-2-4-6-15/h2-11,13H,12,14H2,1H3/b10-7+. The quantitative estimate of drug-likeness (QED) is 0.472. The van der Waals surface area contributed by atoms with Crippen LogP contribution < -0.4 is 0 Å². The number of rotatable bonds is 7. The summed E-state index contributed by atoms with van der Waals surface area (Å²) in [6, 6.07) is 13.0. The van der Waals surface area contributed by atoms with Gasteiger partial charge in [-0.15, -0.1) is 0 Å². The molecule has 0 aliphatic rings. The predicted molar refractivity (Wildman–Crippen MR) is 96.6 cm³/mol. The number of methoxy groups -OCH3 is 1. The van der Waals surface area contributed by atoms with Crippen molar-refractivity contribution in [3.05, 3.63) is 83.6 Å². The molecule has 0 bridgehead atoms. The molecule has 0 aliphatic carbocycles. The van der Waals surface area contributed by atoms with Gasteiger partial charge >= 0.3 is 11.9 Å². The largest absolute Gasteiger partial charge is 0.463 e. The van der Waals surface area contributed by atoms with Gasteiger partial charge in [-0.2, -0.15) is 5.10 Å². The van der Waals surface area contributed by atoms with Gasteiger partial charge in [-0.05, 0) is 23.8 Å². The van der Waals surface area contributed by atoms with Gasteiger partial charge in [0.25, 0.3) is 0 Å². The van der Waals surface area contributed by atoms with Crippen molar-refractivity contribution in [1.82, 2.24) is 9.78 Å². The number of ether oxygens (including phenoxy) is 2. The van der Waals surface area contributed by atoms with Crippen molar-refractivity contribution in [2.24, 2.45) is 0 Å². The maximum absolute atomic E-state index is 11.8. The van der Waals surface area contributed by atoms with E-state index >= 15 is 0 Å². The van der Waals surface area contributed by atoms with E-state index in [9.17, 15) is 9.59 Å². The topological polar surface area (TPSA) is 83.6 Å². The molecule has 138 valence electrons. The molecule has 0 atom stereocenters. The van der Waals surface area contributed by atoms with Crippen molar-refractivity contribution >= 4 is 18.0 Å². The Hall–Kier alpha value is -3.61. The summed E-state index contributed by atoms with van der Waals surface area (Å²) in [5.41, 5.74) is 1.93. The second-order valence-corrected chi connectivity index (χ2v) is 5.66. The molecule has 0 saturated heterocycles. The molecule has 3 rings (SSSR count). The molecular formula is C20H18N2O5. The van der Waals surface area contributed by atoms with Crippen LogP contribution in [0.1, 0.15) is 27.4 Å². The summed E-state index contributed by atoms with van der Waals surface area (Å²) >= 11 is 0. The van der Waals surface area contributed by atoms with Crippen LogP contribution in [0.15, 0.2) is 65.4 Å². The van der Waals surface area contributed by atoms with Crippen LogP contribution >= 0.6 is 0 Å². The summed E-state index contributed by atoms with van der Waals surface area (Å²) < 4.78 is 16.6. The number of carbonyl (C=O) groups is 2. The van der Waals surface area contributed by atoms with Gasteiger partial charge < -0.3 is 13.9 Å². The number of nitrogens with zero attached hydrogens (tertiary/aromatic N) is 2. The van der Waals surface area contributed by atoms with Crippen molar-refractivity contribution < 1.29 is 23.5 Å². The Balaban J connectivity index is 1.50. The van der Waals surface area contributed by atoms with Crippen LogP contribution in [-0.2, 0) is 27.4 Å². The fourth-order valence-electron chi connectivity index (χ4n) is 2.34. The zero-order valence-electron chi connectivity index (χ0n) is 14.7. The number of hydrogen-bond acceptors (Lipinski definition) is 6. The van der Waals surface area contributed by atoms with Crippen LogP contribution in [0.5, 0.6) is 0 Å². The number of esters is 2. The monoisotopic (exact) mass is 366 g/mol. The van der Waals surface area contributed by atoms with E-state index in [-0.39, 0.29) is 12.4 Å². The highest BCUT2D eigenvalue weighted by Gasteiger charge is 2.11. The molecule has 2 heterocycles. The molecule has 0 saturated carbocycles. The molecule has 0 aliphatic heterocycles. The van der Waals surface area contributed by atoms with Crippen LogP contribution in [0.25, 0.3) is 6.08 Å². The smallest absolute Gasteiger partial charge is 0.373 e. The number of benzene rings is 1. The SMILES string of the molecule is COC(=O)c1ccc(COC(=O)/C=C/c2cnn(Cc3ccccc3)c2)o1. The van der Waals surface area contributed by atoms with E-state index in [4.69, 9.17) is 9.15 Å². The predicted octanol–water partition coefficient (Wildman–Crippen LogP) is 3.07. The third-order valence-electron chi connectivity index (χ3n) is 3.66. The second kappa shape index (κ2) is 8.66. The van der Waals surface area contributed by atoms with Gasteiger partial charge in [0.2, 0.25) is 5.76 Å². The van der Waals surface area contributed by atoms with Crippen molar-refractivity contribution in [3.8, 4) is 0 Å². The lowest BCUT2D eigenvalue weighted by Crippen LogP contribution is -2.01. The zero-order chi connectivity index (χ0) is 19.1. The molecule has 3 aromatic rings. The van der Waals surface area contributed by atoms with Crippen LogP contribution in [0.2, 0.25) is 0 Å². The van der Waals surface area contributed by atoms with Crippen LogP contribution in [-0.4, -0.2) is 28.8 Å². The first-order chi connectivity index (χ1) is 13.1. The Morgan fingerprint density at radius 2 is 2.00 bits per heavy atom. The van der Waals surface area contributed by atoms with Crippen LogP contribution in [0.4, 0.5) is 0 Å². The Bertz CT molecular complexity index is 940. The molecule has 0 radical (unpaired) electrons. The maximum atomic E-state index is 11.8. The normalized spacial score (nSPS) is 10.9. The Kier molecular flexibility index (Phi) is 5.84. The molecule has 7 nitrogen and oxygen atoms in total. The molecule has 0 N–H and O–H groups in total. The molecule has 2 aromatic heterocycles. The van der Waals surface area contributed by atoms with E-state index in [2.05, 4.69) is 9.84 Å². The average Bonchev–Trinajstić information content (AvgIpc) is 3.34. The average molecular weight is 366 g/mol. The van der Waals surface area contributed by atoms with Crippen molar-refractivity contribution in [3.63, 3.8) is 0 Å². The zero-order valence-corrected chi connectivity index (χ0v) is 14.7. The molecule has 1 aromatic carbocycles. The Morgan fingerprint density at radius 3 is 2.78 bits per heavy atom. The summed E-state index contributed by atoms with van der Waals surface area (Å²) in [5, 5.41) is 4.26. The third kappa shape index (κ3) is 5.18. The lowest BCUT2D eigenvalue weighted by Gasteiger charge is -2.00. The number of hydrogen-bond donors (Lipinski definition) is 0. The van der Waals surface area contributed by atoms with Crippen molar-refractivity contribution in [2.45, 2.75) is 13.2 Å². The van der Waals surface area contributed by atoms with Crippen molar-refractivity contribution in [2.75, 3.05) is 7.11 Å². The number of carbonyl (C=O) groups excluding carboxylic acids is 2. The van der Waals surface area contributed by atoms with E-state index in [1.165, 1.54) is 19.3 Å². The summed E-state index contributed by atoms with van der Waals surface area (Å²) in [7, 11) is 1.26. The first kappa shape index (κ1) is 18.2. The molecule has 7 heteroatoms. The van der Waals surface area contributed by atoms with Gasteiger partial charge in [0.05, 0.1) is 19.9 Å². The first-order valence-electron chi connectivity index (χ1n) is 8.22. The van der Waals surface area contributed by atoms with Gasteiger partial charge in [-0.1, -0.05) is 30.3 Å². The molecule has 27 heavy (non-hydrogen) atoms. The third-order valence-corrected chi connectivity index (χ3v) is 3.66. The highest BCUT2D eigenvalue weighted by Crippen LogP contribution is 2.11. The summed E-state index contributed by atoms with van der Waals surface area (Å²) in [4.78, 5) is 23.1. The van der Waals surface area contributed by atoms with E-state index in [1.54, 1.807) is 23.0 Å². The minimum absolute atomic E-state index is 0.0601. The lowest BCUT2D eigenvalue weighted by molar-refractivity contribution is -0.139. The van der Waals surface area contributed by atoms with E-state index < -0.39 is 11.9 Å². The van der Waals surface area contributed by atoms with Gasteiger partial charge in [-0.25, -0.2) is 9.59 Å². The van der Waals surface area contributed by atoms with Gasteiger partial charge in [0.1, 0.15) is 12.4 Å². The van der Waals surface area contributed by atoms with Gasteiger partial charge in [-0.3, -0.25) is 4.68 Å². The Morgan fingerprint density at radius 1 is 1.19 bits per heavy atom. The highest BCUT2D eigenvalue weighted by molar-refractivity contribution is 5.87. The summed E-state index contributed by atoms with van der Waals surface area (Å²) in [6.07, 6.45) is 6.45. The first-order valence-corrected chi connectivity index (χ1v) is 8.22. The van der Waals surface area contributed by atoms with Crippen LogP contribution in [0.3, 0.4) is 0 Å². The number of aromatic nitrogens is 2. The van der Waals surface area contributed by atoms with Crippen LogP contribution in [0, 0.1) is 0 Å². The Labute approximate surface area is 155 Å². The molecule has 0 spiro atoms. The second-order valence-electron chi connectivity index (χ2n) is 5.66. The fourth-order valence-corrected chi connectivity index (χ4v) is 2.34. The molecule has 0 amide bonds. The van der Waals surface area contributed by atoms with Gasteiger partial charge in [0.15, 0.2) is 0 Å². The van der Waals surface area contributed by atoms with E-state index in [1.807, 2.05) is 36.5 Å². The van der Waals surface area contributed by atoms with Gasteiger partial charge in [0, 0.05) is 17.8 Å². The lowest BCUT2D eigenvalue weighted by atomic mass is 10.2. The number of furan rings is 1.